The SMILES string of the molecule is CC/C(=C(/C/C=C/CCl)c1ccccc1)c1ccccc1. The Hall–Kier alpha value is -1.79. The van der Waals surface area contributed by atoms with Gasteiger partial charge in [-0.05, 0) is 35.1 Å². The van der Waals surface area contributed by atoms with Gasteiger partial charge in [0.05, 0.1) is 0 Å². The van der Waals surface area contributed by atoms with E-state index in [2.05, 4.69) is 73.7 Å². The van der Waals surface area contributed by atoms with Gasteiger partial charge < -0.3 is 0 Å². The van der Waals surface area contributed by atoms with E-state index in [-0.39, 0.29) is 0 Å². The predicted octanol–water partition coefficient (Wildman–Crippen LogP) is 6.19. The third kappa shape index (κ3) is 4.34. The summed E-state index contributed by atoms with van der Waals surface area (Å²) in [5.41, 5.74) is 5.38. The normalized spacial score (nSPS) is 12.5. The molecule has 0 heterocycles. The van der Waals surface area contributed by atoms with Crippen LogP contribution in [-0.2, 0) is 0 Å². The van der Waals surface area contributed by atoms with Crippen molar-refractivity contribution in [1.29, 1.82) is 0 Å². The number of rotatable bonds is 6. The molecule has 0 saturated heterocycles. The zero-order chi connectivity index (χ0) is 14.9. The number of hydrogen-bond donors (Lipinski definition) is 0. The van der Waals surface area contributed by atoms with Crippen molar-refractivity contribution in [2.75, 3.05) is 5.88 Å². The van der Waals surface area contributed by atoms with Crippen LogP contribution in [0.1, 0.15) is 30.9 Å². The van der Waals surface area contributed by atoms with Crippen molar-refractivity contribution in [3.05, 3.63) is 83.9 Å². The molecular weight excluding hydrogens is 276 g/mol. The second-order valence-electron chi connectivity index (χ2n) is 4.87. The summed E-state index contributed by atoms with van der Waals surface area (Å²) in [5, 5.41) is 0. The fourth-order valence-corrected chi connectivity index (χ4v) is 2.68. The van der Waals surface area contributed by atoms with Crippen LogP contribution < -0.4 is 0 Å². The molecule has 0 unspecified atom stereocenters. The van der Waals surface area contributed by atoms with Gasteiger partial charge in [-0.25, -0.2) is 0 Å². The van der Waals surface area contributed by atoms with E-state index < -0.39 is 0 Å². The first-order valence-electron chi connectivity index (χ1n) is 7.40. The molecule has 0 fully saturated rings. The Kier molecular flexibility index (Phi) is 6.30. The molecule has 0 bridgehead atoms. The molecule has 0 aliphatic carbocycles. The highest BCUT2D eigenvalue weighted by Crippen LogP contribution is 2.31. The molecule has 0 aliphatic heterocycles. The highest BCUT2D eigenvalue weighted by Gasteiger charge is 2.08. The highest BCUT2D eigenvalue weighted by atomic mass is 35.5. The van der Waals surface area contributed by atoms with E-state index in [9.17, 15) is 0 Å². The Balaban J connectivity index is 2.50. The van der Waals surface area contributed by atoms with Crippen molar-refractivity contribution >= 4 is 22.7 Å². The third-order valence-corrected chi connectivity index (χ3v) is 3.72. The predicted molar refractivity (Wildman–Crippen MR) is 94.5 cm³/mol. The lowest BCUT2D eigenvalue weighted by Gasteiger charge is -2.14. The summed E-state index contributed by atoms with van der Waals surface area (Å²) in [6.07, 6.45) is 6.11. The van der Waals surface area contributed by atoms with E-state index in [1.54, 1.807) is 0 Å². The van der Waals surface area contributed by atoms with Gasteiger partial charge >= 0.3 is 0 Å². The minimum Gasteiger partial charge on any atom is -0.122 e. The maximum absolute atomic E-state index is 5.76. The summed E-state index contributed by atoms with van der Waals surface area (Å²) in [6, 6.07) is 21.3. The van der Waals surface area contributed by atoms with Crippen LogP contribution in [0, 0.1) is 0 Å². The Morgan fingerprint density at radius 1 is 0.810 bits per heavy atom. The standard InChI is InChI=1S/C20H21Cl/c1-2-19(17-11-5-3-6-12-17)20(15-9-10-16-21)18-13-7-4-8-14-18/h3-14H,2,15-16H2,1H3/b10-9+,20-19+. The largest absolute Gasteiger partial charge is 0.122 e. The van der Waals surface area contributed by atoms with Crippen molar-refractivity contribution in [2.24, 2.45) is 0 Å². The van der Waals surface area contributed by atoms with Crippen LogP contribution >= 0.6 is 11.6 Å². The van der Waals surface area contributed by atoms with E-state index in [0.717, 1.165) is 12.8 Å². The zero-order valence-corrected chi connectivity index (χ0v) is 13.2. The van der Waals surface area contributed by atoms with Crippen molar-refractivity contribution in [1.82, 2.24) is 0 Å². The van der Waals surface area contributed by atoms with Crippen LogP contribution in [0.15, 0.2) is 72.8 Å². The molecular formula is C20H21Cl. The summed E-state index contributed by atoms with van der Waals surface area (Å²) in [7, 11) is 0. The van der Waals surface area contributed by atoms with E-state index in [1.807, 2.05) is 6.08 Å². The van der Waals surface area contributed by atoms with Crippen molar-refractivity contribution in [3.63, 3.8) is 0 Å². The zero-order valence-electron chi connectivity index (χ0n) is 12.4. The topological polar surface area (TPSA) is 0 Å². The summed E-state index contributed by atoms with van der Waals surface area (Å²) >= 11 is 5.76. The quantitative estimate of drug-likeness (QED) is 0.338. The van der Waals surface area contributed by atoms with E-state index in [1.165, 1.54) is 22.3 Å². The minimum absolute atomic E-state index is 0.564. The van der Waals surface area contributed by atoms with Gasteiger partial charge in [0.1, 0.15) is 0 Å². The molecule has 21 heavy (non-hydrogen) atoms. The molecule has 0 spiro atoms. The monoisotopic (exact) mass is 296 g/mol. The van der Waals surface area contributed by atoms with Crippen molar-refractivity contribution in [3.8, 4) is 0 Å². The third-order valence-electron chi connectivity index (χ3n) is 3.54. The summed E-state index contributed by atoms with van der Waals surface area (Å²) in [4.78, 5) is 0. The van der Waals surface area contributed by atoms with Crippen LogP contribution in [0.2, 0.25) is 0 Å². The average molecular weight is 297 g/mol. The second-order valence-corrected chi connectivity index (χ2v) is 5.18. The summed E-state index contributed by atoms with van der Waals surface area (Å²) < 4.78 is 0. The molecule has 0 aliphatic rings. The Morgan fingerprint density at radius 2 is 1.33 bits per heavy atom. The first kappa shape index (κ1) is 15.6. The van der Waals surface area contributed by atoms with Gasteiger partial charge in [0.25, 0.3) is 0 Å². The van der Waals surface area contributed by atoms with Crippen LogP contribution in [0.4, 0.5) is 0 Å². The number of benzene rings is 2. The number of hydrogen-bond acceptors (Lipinski definition) is 0. The van der Waals surface area contributed by atoms with Gasteiger partial charge in [-0.1, -0.05) is 79.7 Å². The second kappa shape index (κ2) is 8.49. The first-order chi connectivity index (χ1) is 10.4. The van der Waals surface area contributed by atoms with E-state index in [4.69, 9.17) is 11.6 Å². The van der Waals surface area contributed by atoms with E-state index >= 15 is 0 Å². The lowest BCUT2D eigenvalue weighted by Crippen LogP contribution is -1.92. The Bertz CT molecular complexity index is 594. The molecule has 2 rings (SSSR count). The molecule has 0 radical (unpaired) electrons. The number of alkyl halides is 1. The van der Waals surface area contributed by atoms with Gasteiger partial charge in [0.15, 0.2) is 0 Å². The maximum Gasteiger partial charge on any atom is 0.0404 e. The lowest BCUT2D eigenvalue weighted by molar-refractivity contribution is 1.22. The molecule has 0 N–H and O–H groups in total. The Labute approximate surface area is 132 Å². The summed E-state index contributed by atoms with van der Waals surface area (Å²) in [6.45, 7) is 2.22. The van der Waals surface area contributed by atoms with Gasteiger partial charge in [-0.2, -0.15) is 0 Å². The first-order valence-corrected chi connectivity index (χ1v) is 7.94. The molecule has 0 nitrogen and oxygen atoms in total. The average Bonchev–Trinajstić information content (AvgIpc) is 2.56. The molecule has 1 heteroatoms. The van der Waals surface area contributed by atoms with Crippen molar-refractivity contribution < 1.29 is 0 Å². The molecule has 0 amide bonds. The minimum atomic E-state index is 0.564. The molecule has 2 aromatic rings. The molecule has 2 aromatic carbocycles. The van der Waals surface area contributed by atoms with E-state index in [0.29, 0.717) is 5.88 Å². The van der Waals surface area contributed by atoms with Gasteiger partial charge in [0, 0.05) is 5.88 Å². The van der Waals surface area contributed by atoms with Crippen molar-refractivity contribution in [2.45, 2.75) is 19.8 Å². The summed E-state index contributed by atoms with van der Waals surface area (Å²) in [5.74, 6) is 0.564. The van der Waals surface area contributed by atoms with Gasteiger partial charge in [0.2, 0.25) is 0 Å². The smallest absolute Gasteiger partial charge is 0.0404 e. The number of allylic oxidation sites excluding steroid dienone is 4. The molecule has 108 valence electrons. The fourth-order valence-electron chi connectivity index (χ4n) is 2.55. The van der Waals surface area contributed by atoms with Crippen LogP contribution in [0.3, 0.4) is 0 Å². The van der Waals surface area contributed by atoms with Crippen LogP contribution in [-0.4, -0.2) is 5.88 Å². The van der Waals surface area contributed by atoms with Crippen LogP contribution in [0.25, 0.3) is 11.1 Å². The lowest BCUT2D eigenvalue weighted by atomic mass is 9.91. The molecule has 0 aromatic heterocycles. The van der Waals surface area contributed by atoms with Gasteiger partial charge in [-0.3, -0.25) is 0 Å². The molecule has 0 saturated carbocycles. The number of halogens is 1. The van der Waals surface area contributed by atoms with Gasteiger partial charge in [-0.15, -0.1) is 11.6 Å². The highest BCUT2D eigenvalue weighted by molar-refractivity contribution is 6.18. The maximum atomic E-state index is 5.76. The fraction of sp³-hybridized carbons (Fsp3) is 0.200. The Morgan fingerprint density at radius 3 is 1.81 bits per heavy atom. The molecule has 0 atom stereocenters. The van der Waals surface area contributed by atoms with Crippen LogP contribution in [0.5, 0.6) is 0 Å².